The number of carboxylic acid groups (broad SMARTS) is 1. The lowest BCUT2D eigenvalue weighted by molar-refractivity contribution is -0.139. The summed E-state index contributed by atoms with van der Waals surface area (Å²) in [5, 5.41) is 8.93. The molecule has 17 heavy (non-hydrogen) atoms. The molecule has 0 bridgehead atoms. The summed E-state index contributed by atoms with van der Waals surface area (Å²) in [4.78, 5) is 10.9. The third-order valence-corrected chi connectivity index (χ3v) is 3.22. The Morgan fingerprint density at radius 2 is 1.76 bits per heavy atom. The third kappa shape index (κ3) is 8.12. The zero-order valence-electron chi connectivity index (χ0n) is 10.9. The van der Waals surface area contributed by atoms with Gasteiger partial charge in [-0.05, 0) is 33.1 Å². The average Bonchev–Trinajstić information content (AvgIpc) is 1.95. The molecule has 1 atom stereocenters. The predicted octanol–water partition coefficient (Wildman–Crippen LogP) is 0.708. The van der Waals surface area contributed by atoms with Gasteiger partial charge < -0.3 is 5.11 Å². The quantitative estimate of drug-likeness (QED) is 0.659. The molecule has 0 aliphatic heterocycles. The Morgan fingerprint density at radius 1 is 1.29 bits per heavy atom. The zero-order valence-corrected chi connectivity index (χ0v) is 11.8. The minimum Gasteiger partial charge on any atom is -0.480 e. The van der Waals surface area contributed by atoms with Gasteiger partial charge in [-0.1, -0.05) is 13.8 Å². The second-order valence-electron chi connectivity index (χ2n) is 5.49. The van der Waals surface area contributed by atoms with Crippen molar-refractivity contribution in [1.29, 1.82) is 0 Å². The summed E-state index contributed by atoms with van der Waals surface area (Å²) in [6, 6.07) is -1.10. The maximum atomic E-state index is 11.7. The molecule has 3 N–H and O–H groups in total. The number of rotatable bonds is 6. The lowest BCUT2D eigenvalue weighted by Gasteiger charge is -2.23. The van der Waals surface area contributed by atoms with Crippen LogP contribution in [0, 0.1) is 5.92 Å². The van der Waals surface area contributed by atoms with Gasteiger partial charge in [0, 0.05) is 5.54 Å². The first-order chi connectivity index (χ1) is 7.43. The van der Waals surface area contributed by atoms with Crippen LogP contribution in [-0.2, 0) is 15.0 Å². The van der Waals surface area contributed by atoms with Crippen molar-refractivity contribution in [3.8, 4) is 0 Å². The minimum absolute atomic E-state index is 0.0911. The molecule has 0 aromatic carbocycles. The first kappa shape index (κ1) is 16.3. The van der Waals surface area contributed by atoms with E-state index in [1.54, 1.807) is 20.8 Å². The molecule has 0 aliphatic rings. The Labute approximate surface area is 103 Å². The topological polar surface area (TPSA) is 95.5 Å². The van der Waals surface area contributed by atoms with Crippen molar-refractivity contribution in [2.45, 2.75) is 52.6 Å². The first-order valence-corrected chi connectivity index (χ1v) is 6.95. The van der Waals surface area contributed by atoms with Crippen LogP contribution in [0.1, 0.15) is 41.0 Å². The monoisotopic (exact) mass is 266 g/mol. The summed E-state index contributed by atoms with van der Waals surface area (Å²) in [5.41, 5.74) is -0.646. The summed E-state index contributed by atoms with van der Waals surface area (Å²) in [6.45, 7) is 8.72. The van der Waals surface area contributed by atoms with E-state index in [0.29, 0.717) is 0 Å². The highest BCUT2D eigenvalue weighted by molar-refractivity contribution is 7.87. The molecular formula is C10H22N2O4S. The van der Waals surface area contributed by atoms with Gasteiger partial charge in [-0.15, -0.1) is 0 Å². The van der Waals surface area contributed by atoms with Gasteiger partial charge in [0.15, 0.2) is 0 Å². The van der Waals surface area contributed by atoms with Crippen molar-refractivity contribution in [2.24, 2.45) is 5.92 Å². The van der Waals surface area contributed by atoms with Crippen LogP contribution < -0.4 is 9.44 Å². The standard InChI is InChI=1S/C10H22N2O4S/c1-7(2)6-8(9(13)14)11-17(15,16)12-10(3,4)5/h7-8,11-12H,6H2,1-5H3,(H,13,14). The molecule has 0 amide bonds. The Hall–Kier alpha value is -0.660. The molecule has 0 aromatic rings. The van der Waals surface area contributed by atoms with Gasteiger partial charge >= 0.3 is 5.97 Å². The van der Waals surface area contributed by atoms with E-state index >= 15 is 0 Å². The van der Waals surface area contributed by atoms with Gasteiger partial charge in [-0.25, -0.2) is 0 Å². The highest BCUT2D eigenvalue weighted by Gasteiger charge is 2.27. The summed E-state index contributed by atoms with van der Waals surface area (Å²) in [5.74, 6) is -1.08. The van der Waals surface area contributed by atoms with E-state index in [4.69, 9.17) is 5.11 Å². The van der Waals surface area contributed by atoms with Gasteiger partial charge in [0.1, 0.15) is 6.04 Å². The van der Waals surface area contributed by atoms with E-state index in [0.717, 1.165) is 0 Å². The second kappa shape index (κ2) is 5.79. The number of carboxylic acids is 1. The minimum atomic E-state index is -3.81. The van der Waals surface area contributed by atoms with Crippen molar-refractivity contribution in [3.63, 3.8) is 0 Å². The maximum absolute atomic E-state index is 11.7. The van der Waals surface area contributed by atoms with Gasteiger partial charge in [0.2, 0.25) is 0 Å². The van der Waals surface area contributed by atoms with Crippen LogP contribution in [0.15, 0.2) is 0 Å². The fraction of sp³-hybridized carbons (Fsp3) is 0.900. The Balaban J connectivity index is 4.71. The number of carbonyl (C=O) groups is 1. The third-order valence-electron chi connectivity index (χ3n) is 1.74. The molecule has 0 radical (unpaired) electrons. The first-order valence-electron chi connectivity index (χ1n) is 5.47. The van der Waals surface area contributed by atoms with Crippen LogP contribution in [0.3, 0.4) is 0 Å². The fourth-order valence-corrected chi connectivity index (χ4v) is 2.73. The molecule has 6 nitrogen and oxygen atoms in total. The van der Waals surface area contributed by atoms with Gasteiger partial charge in [-0.2, -0.15) is 17.9 Å². The molecule has 102 valence electrons. The van der Waals surface area contributed by atoms with Gasteiger partial charge in [-0.3, -0.25) is 4.79 Å². The zero-order chi connectivity index (χ0) is 13.9. The van der Waals surface area contributed by atoms with E-state index in [2.05, 4.69) is 9.44 Å². The molecule has 0 aliphatic carbocycles. The lowest BCUT2D eigenvalue weighted by atomic mass is 10.1. The molecule has 0 rings (SSSR count). The van der Waals surface area contributed by atoms with Crippen molar-refractivity contribution < 1.29 is 18.3 Å². The lowest BCUT2D eigenvalue weighted by Crippen LogP contribution is -2.52. The number of nitrogens with one attached hydrogen (secondary N) is 2. The number of hydrogen-bond donors (Lipinski definition) is 3. The van der Waals surface area contributed by atoms with E-state index < -0.39 is 27.8 Å². The van der Waals surface area contributed by atoms with Gasteiger partial charge in [0.25, 0.3) is 10.2 Å². The normalized spacial score (nSPS) is 14.9. The van der Waals surface area contributed by atoms with Crippen LogP contribution in [-0.4, -0.2) is 31.1 Å². The highest BCUT2D eigenvalue weighted by Crippen LogP contribution is 2.07. The smallest absolute Gasteiger partial charge is 0.321 e. The Bertz CT molecular complexity index is 357. The molecule has 0 aromatic heterocycles. The Morgan fingerprint density at radius 3 is 2.06 bits per heavy atom. The molecular weight excluding hydrogens is 244 g/mol. The van der Waals surface area contributed by atoms with Crippen LogP contribution in [0.5, 0.6) is 0 Å². The summed E-state index contributed by atoms with van der Waals surface area (Å²) < 4.78 is 27.8. The number of aliphatic carboxylic acids is 1. The van der Waals surface area contributed by atoms with E-state index in [1.165, 1.54) is 0 Å². The largest absolute Gasteiger partial charge is 0.480 e. The fourth-order valence-electron chi connectivity index (χ4n) is 1.29. The molecule has 0 saturated carbocycles. The van der Waals surface area contributed by atoms with Crippen LogP contribution in [0.4, 0.5) is 0 Å². The summed E-state index contributed by atoms with van der Waals surface area (Å²) >= 11 is 0. The van der Waals surface area contributed by atoms with Crippen molar-refractivity contribution in [2.75, 3.05) is 0 Å². The summed E-state index contributed by atoms with van der Waals surface area (Å²) in [6.07, 6.45) is 0.250. The Kier molecular flexibility index (Phi) is 5.57. The van der Waals surface area contributed by atoms with Crippen molar-refractivity contribution in [1.82, 2.24) is 9.44 Å². The SMILES string of the molecule is CC(C)CC(NS(=O)(=O)NC(C)(C)C)C(=O)O. The predicted molar refractivity (Wildman–Crippen MR) is 65.8 cm³/mol. The summed E-state index contributed by atoms with van der Waals surface area (Å²) in [7, 11) is -3.81. The van der Waals surface area contributed by atoms with Crippen LogP contribution in [0.25, 0.3) is 0 Å². The second-order valence-corrected chi connectivity index (χ2v) is 6.94. The van der Waals surface area contributed by atoms with Gasteiger partial charge in [0.05, 0.1) is 0 Å². The maximum Gasteiger partial charge on any atom is 0.321 e. The van der Waals surface area contributed by atoms with Crippen molar-refractivity contribution >= 4 is 16.2 Å². The highest BCUT2D eigenvalue weighted by atomic mass is 32.2. The average molecular weight is 266 g/mol. The van der Waals surface area contributed by atoms with Crippen LogP contribution in [0.2, 0.25) is 0 Å². The molecule has 1 unspecified atom stereocenters. The molecule has 0 fully saturated rings. The van der Waals surface area contributed by atoms with E-state index in [-0.39, 0.29) is 12.3 Å². The van der Waals surface area contributed by atoms with E-state index in [9.17, 15) is 13.2 Å². The van der Waals surface area contributed by atoms with E-state index in [1.807, 2.05) is 13.8 Å². The molecule has 0 spiro atoms. The molecule has 7 heteroatoms. The molecule has 0 saturated heterocycles. The van der Waals surface area contributed by atoms with Crippen molar-refractivity contribution in [3.05, 3.63) is 0 Å². The number of hydrogen-bond acceptors (Lipinski definition) is 3. The molecule has 0 heterocycles. The van der Waals surface area contributed by atoms with Crippen LogP contribution >= 0.6 is 0 Å².